The van der Waals surface area contributed by atoms with Gasteiger partial charge in [-0.05, 0) is 24.3 Å². The van der Waals surface area contributed by atoms with E-state index in [0.29, 0.717) is 5.69 Å². The van der Waals surface area contributed by atoms with Gasteiger partial charge >= 0.3 is 0 Å². The van der Waals surface area contributed by atoms with Gasteiger partial charge in [-0.2, -0.15) is 0 Å². The zero-order valence-electron chi connectivity index (χ0n) is 13.9. The van der Waals surface area contributed by atoms with Crippen molar-refractivity contribution < 1.29 is 14.4 Å². The lowest BCUT2D eigenvalue weighted by atomic mass is 10.3. The Balaban J connectivity index is 2.19. The first-order valence-electron chi connectivity index (χ1n) is 7.83. The van der Waals surface area contributed by atoms with Gasteiger partial charge in [0.05, 0.1) is 9.85 Å². The highest BCUT2D eigenvalue weighted by atomic mass is 31.2. The van der Waals surface area contributed by atoms with Gasteiger partial charge in [0.2, 0.25) is 7.29 Å². The minimum Gasteiger partial charge on any atom is -0.329 e. The summed E-state index contributed by atoms with van der Waals surface area (Å²) in [7, 11) is -3.64. The van der Waals surface area contributed by atoms with Crippen molar-refractivity contribution in [3.8, 4) is 0 Å². The van der Waals surface area contributed by atoms with E-state index in [1.807, 2.05) is 0 Å². The Kier molecular flexibility index (Phi) is 5.00. The first kappa shape index (κ1) is 18.3. The van der Waals surface area contributed by atoms with Gasteiger partial charge in [0.15, 0.2) is 0 Å². The molecule has 0 aliphatic heterocycles. The van der Waals surface area contributed by atoms with Crippen molar-refractivity contribution in [2.24, 2.45) is 0 Å². The monoisotopic (exact) mass is 383 g/mol. The quantitative estimate of drug-likeness (QED) is 0.393. The lowest BCUT2D eigenvalue weighted by Gasteiger charge is -2.21. The molecule has 27 heavy (non-hydrogen) atoms. The second kappa shape index (κ2) is 7.39. The van der Waals surface area contributed by atoms with Gasteiger partial charge < -0.3 is 5.09 Å². The molecule has 0 radical (unpaired) electrons. The first-order chi connectivity index (χ1) is 12.9. The van der Waals surface area contributed by atoms with Crippen LogP contribution in [0.1, 0.15) is 0 Å². The van der Waals surface area contributed by atoms with Gasteiger partial charge in [0, 0.05) is 40.6 Å². The fourth-order valence-corrected chi connectivity index (χ4v) is 4.87. The number of anilines is 1. The minimum atomic E-state index is -3.64. The Hall–Kier alpha value is -3.51. The van der Waals surface area contributed by atoms with Crippen LogP contribution in [0.3, 0.4) is 0 Å². The average Bonchev–Trinajstić information content (AvgIpc) is 2.69. The third-order valence-corrected chi connectivity index (χ3v) is 6.45. The van der Waals surface area contributed by atoms with Crippen LogP contribution in [0.5, 0.6) is 0 Å². The van der Waals surface area contributed by atoms with E-state index in [-0.39, 0.29) is 22.0 Å². The molecule has 8 nitrogen and oxygen atoms in total. The predicted octanol–water partition coefficient (Wildman–Crippen LogP) is 3.84. The van der Waals surface area contributed by atoms with E-state index in [9.17, 15) is 24.8 Å². The molecule has 9 heteroatoms. The van der Waals surface area contributed by atoms with Crippen LogP contribution < -0.4 is 15.7 Å². The van der Waals surface area contributed by atoms with Gasteiger partial charge in [-0.3, -0.25) is 24.8 Å². The Morgan fingerprint density at radius 3 is 1.63 bits per heavy atom. The SMILES string of the molecule is O=[N+]([O-])c1cccc(P(=O)(Nc2ccccc2)c2cccc([N+](=O)[O-])c2)c1. The molecule has 0 bridgehead atoms. The third-order valence-electron chi connectivity index (χ3n) is 3.87. The lowest BCUT2D eigenvalue weighted by molar-refractivity contribution is -0.384. The summed E-state index contributed by atoms with van der Waals surface area (Å²) in [6, 6.07) is 19.6. The summed E-state index contributed by atoms with van der Waals surface area (Å²) in [5, 5.41) is 25.5. The number of benzene rings is 3. The second-order valence-electron chi connectivity index (χ2n) is 5.64. The van der Waals surface area contributed by atoms with Gasteiger partial charge in [0.25, 0.3) is 11.4 Å². The van der Waals surface area contributed by atoms with Crippen LogP contribution in [-0.4, -0.2) is 9.85 Å². The highest BCUT2D eigenvalue weighted by Gasteiger charge is 2.30. The highest BCUT2D eigenvalue weighted by molar-refractivity contribution is 7.80. The maximum atomic E-state index is 14.0. The van der Waals surface area contributed by atoms with Crippen molar-refractivity contribution in [2.75, 3.05) is 5.09 Å². The van der Waals surface area contributed by atoms with E-state index >= 15 is 0 Å². The number of nitrogens with zero attached hydrogens (tertiary/aromatic N) is 2. The van der Waals surface area contributed by atoms with Gasteiger partial charge in [0.1, 0.15) is 0 Å². The number of hydrogen-bond acceptors (Lipinski definition) is 5. The van der Waals surface area contributed by atoms with E-state index in [2.05, 4.69) is 5.09 Å². The van der Waals surface area contributed by atoms with Crippen molar-refractivity contribution in [3.63, 3.8) is 0 Å². The van der Waals surface area contributed by atoms with E-state index in [1.165, 1.54) is 48.5 Å². The molecule has 0 spiro atoms. The fraction of sp³-hybridized carbons (Fsp3) is 0. The first-order valence-corrected chi connectivity index (χ1v) is 9.54. The van der Waals surface area contributed by atoms with Crippen LogP contribution >= 0.6 is 7.29 Å². The summed E-state index contributed by atoms with van der Waals surface area (Å²) in [5.41, 5.74) is 0.0971. The second-order valence-corrected chi connectivity index (χ2v) is 8.12. The molecule has 0 saturated heterocycles. The predicted molar refractivity (Wildman–Crippen MR) is 103 cm³/mol. The van der Waals surface area contributed by atoms with Crippen molar-refractivity contribution in [1.29, 1.82) is 0 Å². The fourth-order valence-electron chi connectivity index (χ4n) is 2.58. The van der Waals surface area contributed by atoms with E-state index in [4.69, 9.17) is 0 Å². The molecule has 0 unspecified atom stereocenters. The molecular weight excluding hydrogens is 369 g/mol. The topological polar surface area (TPSA) is 115 Å². The lowest BCUT2D eigenvalue weighted by Crippen LogP contribution is -2.22. The van der Waals surface area contributed by atoms with Crippen LogP contribution in [0, 0.1) is 20.2 Å². The molecule has 3 aromatic rings. The zero-order valence-corrected chi connectivity index (χ0v) is 14.8. The van der Waals surface area contributed by atoms with Crippen LogP contribution in [0.15, 0.2) is 78.9 Å². The third kappa shape index (κ3) is 3.86. The molecule has 3 rings (SSSR count). The van der Waals surface area contributed by atoms with Gasteiger partial charge in [-0.25, -0.2) is 0 Å². The summed E-state index contributed by atoms with van der Waals surface area (Å²) in [6.07, 6.45) is 0. The molecule has 1 N–H and O–H groups in total. The van der Waals surface area contributed by atoms with Gasteiger partial charge in [-0.15, -0.1) is 0 Å². The number of nitrogens with one attached hydrogen (secondary N) is 1. The molecule has 0 amide bonds. The average molecular weight is 383 g/mol. The van der Waals surface area contributed by atoms with E-state index in [1.54, 1.807) is 30.3 Å². The summed E-state index contributed by atoms with van der Waals surface area (Å²) >= 11 is 0. The Morgan fingerprint density at radius 2 is 1.19 bits per heavy atom. The molecule has 0 atom stereocenters. The number of para-hydroxylation sites is 1. The van der Waals surface area contributed by atoms with Crippen LogP contribution in [0.4, 0.5) is 17.1 Å². The Morgan fingerprint density at radius 1 is 0.704 bits per heavy atom. The number of hydrogen-bond donors (Lipinski definition) is 1. The molecule has 0 heterocycles. The number of rotatable bonds is 6. The molecule has 0 saturated carbocycles. The van der Waals surface area contributed by atoms with Crippen LogP contribution in [-0.2, 0) is 4.57 Å². The normalized spacial score (nSPS) is 11.0. The minimum absolute atomic E-state index is 0.182. The number of nitro groups is 2. The zero-order chi connectivity index (χ0) is 19.4. The van der Waals surface area contributed by atoms with Crippen LogP contribution in [0.2, 0.25) is 0 Å². The highest BCUT2D eigenvalue weighted by Crippen LogP contribution is 2.44. The maximum absolute atomic E-state index is 14.0. The molecule has 3 aromatic carbocycles. The largest absolute Gasteiger partial charge is 0.329 e. The molecule has 0 aliphatic carbocycles. The number of non-ortho nitro benzene ring substituents is 2. The van der Waals surface area contributed by atoms with Crippen molar-refractivity contribution >= 4 is 35.0 Å². The summed E-state index contributed by atoms with van der Waals surface area (Å²) in [4.78, 5) is 21.1. The summed E-state index contributed by atoms with van der Waals surface area (Å²) < 4.78 is 14.0. The molecule has 0 aromatic heterocycles. The maximum Gasteiger partial charge on any atom is 0.270 e. The molecule has 136 valence electrons. The van der Waals surface area contributed by atoms with Crippen LogP contribution in [0.25, 0.3) is 0 Å². The van der Waals surface area contributed by atoms with Gasteiger partial charge in [-0.1, -0.05) is 30.3 Å². The standard InChI is InChI=1S/C18H14N3O5P/c22-20(23)15-8-4-10-17(12-15)27(26,19-14-6-2-1-3-7-14)18-11-5-9-16(13-18)21(24)25/h1-13H,(H,19,26). The number of nitro benzene ring substituents is 2. The van der Waals surface area contributed by atoms with Crippen molar-refractivity contribution in [3.05, 3.63) is 99.1 Å². The van der Waals surface area contributed by atoms with E-state index < -0.39 is 17.1 Å². The van der Waals surface area contributed by atoms with E-state index in [0.717, 1.165) is 0 Å². The molecule has 0 aliphatic rings. The summed E-state index contributed by atoms with van der Waals surface area (Å²) in [6.45, 7) is 0. The molecule has 0 fully saturated rings. The summed E-state index contributed by atoms with van der Waals surface area (Å²) in [5.74, 6) is 0. The van der Waals surface area contributed by atoms with Crippen molar-refractivity contribution in [2.45, 2.75) is 0 Å². The Bertz CT molecular complexity index is 994. The molecular formula is C18H14N3O5P. The smallest absolute Gasteiger partial charge is 0.270 e. The van der Waals surface area contributed by atoms with Crippen molar-refractivity contribution in [1.82, 2.24) is 0 Å². The Labute approximate surface area is 154 Å².